The molecule has 3 unspecified atom stereocenters. The molecule has 1 N–H and O–H groups in total. The van der Waals surface area contributed by atoms with Crippen LogP contribution in [-0.2, 0) is 4.74 Å². The summed E-state index contributed by atoms with van der Waals surface area (Å²) in [5, 5.41) is 9.09. The molecule has 3 atom stereocenters. The second kappa shape index (κ2) is 3.18. The number of cyclic esters (lactones) is 1. The zero-order valence-electron chi connectivity index (χ0n) is 7.77. The van der Waals surface area contributed by atoms with E-state index in [2.05, 4.69) is 6.92 Å². The number of aliphatic hydroxyl groups excluding tert-OH is 1. The summed E-state index contributed by atoms with van der Waals surface area (Å²) >= 11 is 0. The van der Waals surface area contributed by atoms with Crippen molar-refractivity contribution in [3.05, 3.63) is 0 Å². The number of hydrogen-bond acceptors (Lipinski definition) is 3. The Bertz CT molecular complexity index is 219. The Balaban J connectivity index is 2.16. The quantitative estimate of drug-likeness (QED) is 0.650. The van der Waals surface area contributed by atoms with Crippen LogP contribution in [0.2, 0.25) is 0 Å². The van der Waals surface area contributed by atoms with E-state index in [-0.39, 0.29) is 24.8 Å². The van der Waals surface area contributed by atoms with Crippen molar-refractivity contribution in [2.24, 2.45) is 5.92 Å². The molecule has 74 valence electrons. The van der Waals surface area contributed by atoms with Crippen LogP contribution in [0.5, 0.6) is 0 Å². The Labute approximate surface area is 77.5 Å². The van der Waals surface area contributed by atoms with Gasteiger partial charge < -0.3 is 9.84 Å². The first-order valence-electron chi connectivity index (χ1n) is 4.80. The van der Waals surface area contributed by atoms with Gasteiger partial charge in [0.15, 0.2) is 0 Å². The number of aliphatic hydroxyl groups is 1. The molecular weight excluding hydrogens is 170 g/mol. The highest BCUT2D eigenvalue weighted by atomic mass is 16.6. The average Bonchev–Trinajstić information content (AvgIpc) is 2.51. The van der Waals surface area contributed by atoms with Crippen molar-refractivity contribution in [1.82, 2.24) is 4.90 Å². The molecule has 0 aliphatic carbocycles. The minimum Gasteiger partial charge on any atom is -0.447 e. The molecular formula is C9H15NO3. The Morgan fingerprint density at radius 3 is 3.08 bits per heavy atom. The molecule has 0 saturated carbocycles. The molecule has 0 radical (unpaired) electrons. The lowest BCUT2D eigenvalue weighted by Crippen LogP contribution is -2.50. The summed E-state index contributed by atoms with van der Waals surface area (Å²) in [4.78, 5) is 13.0. The fraction of sp³-hybridized carbons (Fsp3) is 0.889. The van der Waals surface area contributed by atoms with Crippen molar-refractivity contribution >= 4 is 6.09 Å². The van der Waals surface area contributed by atoms with Crippen molar-refractivity contribution in [1.29, 1.82) is 0 Å². The summed E-state index contributed by atoms with van der Waals surface area (Å²) in [5.41, 5.74) is 0. The first kappa shape index (κ1) is 8.81. The fourth-order valence-electron chi connectivity index (χ4n) is 2.27. The number of carbonyl (C=O) groups is 1. The molecule has 13 heavy (non-hydrogen) atoms. The first-order valence-corrected chi connectivity index (χ1v) is 4.80. The molecule has 0 aromatic heterocycles. The molecule has 1 amide bonds. The Morgan fingerprint density at radius 2 is 2.38 bits per heavy atom. The summed E-state index contributed by atoms with van der Waals surface area (Å²) in [7, 11) is 0. The molecule has 2 aliphatic heterocycles. The van der Waals surface area contributed by atoms with Crippen molar-refractivity contribution in [3.63, 3.8) is 0 Å². The van der Waals surface area contributed by atoms with Gasteiger partial charge in [-0.1, -0.05) is 6.92 Å². The second-order valence-electron chi connectivity index (χ2n) is 3.94. The smallest absolute Gasteiger partial charge is 0.410 e. The third-order valence-corrected chi connectivity index (χ3v) is 3.16. The average molecular weight is 185 g/mol. The van der Waals surface area contributed by atoms with Gasteiger partial charge in [-0.25, -0.2) is 4.79 Å². The van der Waals surface area contributed by atoms with Crippen molar-refractivity contribution in [2.75, 3.05) is 13.2 Å². The van der Waals surface area contributed by atoms with E-state index in [9.17, 15) is 4.79 Å². The minimum atomic E-state index is -0.254. The summed E-state index contributed by atoms with van der Waals surface area (Å²) < 4.78 is 4.98. The number of carbonyl (C=O) groups excluding carboxylic acids is 1. The van der Waals surface area contributed by atoms with Gasteiger partial charge in [0.05, 0.1) is 18.7 Å². The lowest BCUT2D eigenvalue weighted by atomic mass is 9.88. The maximum Gasteiger partial charge on any atom is 0.410 e. The van der Waals surface area contributed by atoms with Gasteiger partial charge in [-0.2, -0.15) is 0 Å². The maximum atomic E-state index is 11.3. The highest BCUT2D eigenvalue weighted by molar-refractivity contribution is 5.70. The highest BCUT2D eigenvalue weighted by Crippen LogP contribution is 2.32. The number of rotatable bonds is 1. The van der Waals surface area contributed by atoms with E-state index in [4.69, 9.17) is 9.84 Å². The van der Waals surface area contributed by atoms with Gasteiger partial charge in [-0.3, -0.25) is 4.90 Å². The number of hydrogen-bond donors (Lipinski definition) is 1. The molecule has 2 rings (SSSR count). The number of ether oxygens (including phenoxy) is 1. The van der Waals surface area contributed by atoms with Crippen LogP contribution in [0, 0.1) is 5.92 Å². The first-order chi connectivity index (χ1) is 6.24. The van der Waals surface area contributed by atoms with E-state index in [0.717, 1.165) is 12.8 Å². The molecule has 4 nitrogen and oxygen atoms in total. The Kier molecular flexibility index (Phi) is 2.15. The summed E-state index contributed by atoms with van der Waals surface area (Å²) in [5.74, 6) is 0.495. The monoisotopic (exact) mass is 185 g/mol. The largest absolute Gasteiger partial charge is 0.447 e. The molecule has 2 saturated heterocycles. The summed E-state index contributed by atoms with van der Waals surface area (Å²) in [6.07, 6.45) is 1.71. The van der Waals surface area contributed by atoms with E-state index in [1.54, 1.807) is 4.90 Å². The minimum absolute atomic E-state index is 0.0174. The normalized spacial score (nSPS) is 38.8. The lowest BCUT2D eigenvalue weighted by Gasteiger charge is -2.37. The molecule has 2 heterocycles. The predicted molar refractivity (Wildman–Crippen MR) is 46.2 cm³/mol. The van der Waals surface area contributed by atoms with Gasteiger partial charge in [0, 0.05) is 0 Å². The third kappa shape index (κ3) is 1.29. The highest BCUT2D eigenvalue weighted by Gasteiger charge is 2.43. The molecule has 2 aliphatic rings. The van der Waals surface area contributed by atoms with Gasteiger partial charge >= 0.3 is 6.09 Å². The molecule has 0 bridgehead atoms. The van der Waals surface area contributed by atoms with Crippen LogP contribution in [0.25, 0.3) is 0 Å². The fourth-order valence-corrected chi connectivity index (χ4v) is 2.27. The van der Waals surface area contributed by atoms with E-state index in [1.807, 2.05) is 0 Å². The second-order valence-corrected chi connectivity index (χ2v) is 3.94. The van der Waals surface area contributed by atoms with Crippen LogP contribution >= 0.6 is 0 Å². The van der Waals surface area contributed by atoms with Crippen LogP contribution in [0.4, 0.5) is 4.79 Å². The van der Waals surface area contributed by atoms with Gasteiger partial charge in [0.25, 0.3) is 0 Å². The number of piperidine rings is 1. The molecule has 2 fully saturated rings. The number of fused-ring (bicyclic) bond motifs is 1. The molecule has 0 aromatic carbocycles. The van der Waals surface area contributed by atoms with Crippen LogP contribution in [0.3, 0.4) is 0 Å². The number of amides is 1. The number of nitrogens with zero attached hydrogens (tertiary/aromatic N) is 1. The van der Waals surface area contributed by atoms with Crippen LogP contribution in [0.1, 0.15) is 19.8 Å². The van der Waals surface area contributed by atoms with E-state index in [0.29, 0.717) is 12.5 Å². The topological polar surface area (TPSA) is 49.8 Å². The van der Waals surface area contributed by atoms with Crippen LogP contribution in [0.15, 0.2) is 0 Å². The summed E-state index contributed by atoms with van der Waals surface area (Å²) in [6, 6.07) is 0.176. The zero-order valence-corrected chi connectivity index (χ0v) is 7.77. The van der Waals surface area contributed by atoms with E-state index >= 15 is 0 Å². The summed E-state index contributed by atoms with van der Waals surface area (Å²) in [6.45, 7) is 2.68. The maximum absolute atomic E-state index is 11.3. The van der Waals surface area contributed by atoms with Gasteiger partial charge in [-0.05, 0) is 18.8 Å². The lowest BCUT2D eigenvalue weighted by molar-refractivity contribution is 0.0691. The Morgan fingerprint density at radius 1 is 1.62 bits per heavy atom. The van der Waals surface area contributed by atoms with Gasteiger partial charge in [-0.15, -0.1) is 0 Å². The SMILES string of the molecule is CC1CCC(CO)N2C(=O)OCC12. The van der Waals surface area contributed by atoms with Crippen molar-refractivity contribution in [3.8, 4) is 0 Å². The standard InChI is InChI=1S/C9H15NO3/c1-6-2-3-7(4-11)10-8(6)5-13-9(10)12/h6-8,11H,2-5H2,1H3. The molecule has 0 aromatic rings. The third-order valence-electron chi connectivity index (χ3n) is 3.16. The molecule has 4 heteroatoms. The zero-order chi connectivity index (χ0) is 9.42. The van der Waals surface area contributed by atoms with E-state index < -0.39 is 0 Å². The predicted octanol–water partition coefficient (Wildman–Crippen LogP) is 0.598. The van der Waals surface area contributed by atoms with Gasteiger partial charge in [0.1, 0.15) is 6.61 Å². The van der Waals surface area contributed by atoms with E-state index in [1.165, 1.54) is 0 Å². The van der Waals surface area contributed by atoms with Crippen molar-refractivity contribution in [2.45, 2.75) is 31.8 Å². The Hall–Kier alpha value is -0.770. The van der Waals surface area contributed by atoms with Crippen LogP contribution < -0.4 is 0 Å². The van der Waals surface area contributed by atoms with Gasteiger partial charge in [0.2, 0.25) is 0 Å². The molecule has 0 spiro atoms. The van der Waals surface area contributed by atoms with Crippen molar-refractivity contribution < 1.29 is 14.6 Å². The van der Waals surface area contributed by atoms with Crippen LogP contribution in [-0.4, -0.2) is 41.4 Å².